The van der Waals surface area contributed by atoms with E-state index in [1.54, 1.807) is 13.0 Å². The fourth-order valence-electron chi connectivity index (χ4n) is 1.47. The van der Waals surface area contributed by atoms with Gasteiger partial charge in [-0.15, -0.1) is 0 Å². The zero-order chi connectivity index (χ0) is 12.3. The monoisotopic (exact) mass is 242 g/mol. The summed E-state index contributed by atoms with van der Waals surface area (Å²) in [4.78, 5) is 0.204. The van der Waals surface area contributed by atoms with Gasteiger partial charge in [0, 0.05) is 12.6 Å². The Morgan fingerprint density at radius 1 is 1.38 bits per heavy atom. The van der Waals surface area contributed by atoms with Crippen molar-refractivity contribution >= 4 is 10.0 Å². The molecule has 1 rings (SSSR count). The van der Waals surface area contributed by atoms with Crippen molar-refractivity contribution < 1.29 is 8.42 Å². The minimum Gasteiger partial charge on any atom is -0.310 e. The molecule has 90 valence electrons. The molecule has 0 heterocycles. The van der Waals surface area contributed by atoms with Crippen LogP contribution in [-0.4, -0.2) is 14.5 Å². The molecule has 0 saturated carbocycles. The fraction of sp³-hybridized carbons (Fsp3) is 0.455. The zero-order valence-corrected chi connectivity index (χ0v) is 10.6. The number of benzene rings is 1. The van der Waals surface area contributed by atoms with E-state index >= 15 is 0 Å². The third-order valence-electron chi connectivity index (χ3n) is 2.40. The Morgan fingerprint density at radius 2 is 2.00 bits per heavy atom. The molecule has 0 aliphatic carbocycles. The van der Waals surface area contributed by atoms with Crippen molar-refractivity contribution in [1.29, 1.82) is 0 Å². The van der Waals surface area contributed by atoms with Gasteiger partial charge in [-0.3, -0.25) is 0 Å². The highest BCUT2D eigenvalue weighted by molar-refractivity contribution is 7.89. The van der Waals surface area contributed by atoms with Gasteiger partial charge in [0.05, 0.1) is 4.90 Å². The number of hydrogen-bond donors (Lipinski definition) is 2. The number of hydrogen-bond acceptors (Lipinski definition) is 3. The van der Waals surface area contributed by atoms with Gasteiger partial charge in [0.2, 0.25) is 10.0 Å². The number of nitrogens with two attached hydrogens (primary N) is 1. The SMILES string of the molecule is Cc1c(CNC(C)C)cccc1S(N)(=O)=O. The summed E-state index contributed by atoms with van der Waals surface area (Å²) < 4.78 is 22.6. The van der Waals surface area contributed by atoms with E-state index in [2.05, 4.69) is 5.32 Å². The second-order valence-corrected chi connectivity index (χ2v) is 5.65. The highest BCUT2D eigenvalue weighted by atomic mass is 32.2. The normalized spacial score (nSPS) is 12.1. The van der Waals surface area contributed by atoms with E-state index in [1.807, 2.05) is 19.9 Å². The average molecular weight is 242 g/mol. The lowest BCUT2D eigenvalue weighted by Gasteiger charge is -2.12. The maximum absolute atomic E-state index is 11.3. The Kier molecular flexibility index (Phi) is 4.07. The minimum absolute atomic E-state index is 0.204. The van der Waals surface area contributed by atoms with Gasteiger partial charge in [-0.1, -0.05) is 26.0 Å². The molecule has 0 spiro atoms. The smallest absolute Gasteiger partial charge is 0.238 e. The average Bonchev–Trinajstić information content (AvgIpc) is 2.14. The molecule has 0 radical (unpaired) electrons. The maximum atomic E-state index is 11.3. The lowest BCUT2D eigenvalue weighted by molar-refractivity contribution is 0.584. The maximum Gasteiger partial charge on any atom is 0.238 e. The summed E-state index contributed by atoms with van der Waals surface area (Å²) in [7, 11) is -3.62. The molecule has 0 amide bonds. The Balaban J connectivity index is 3.05. The predicted molar refractivity (Wildman–Crippen MR) is 64.5 cm³/mol. The molecule has 0 aliphatic rings. The van der Waals surface area contributed by atoms with Crippen LogP contribution in [0.25, 0.3) is 0 Å². The zero-order valence-electron chi connectivity index (χ0n) is 9.82. The van der Waals surface area contributed by atoms with E-state index in [-0.39, 0.29) is 4.90 Å². The Bertz CT molecular complexity index is 467. The van der Waals surface area contributed by atoms with Crippen molar-refractivity contribution in [3.05, 3.63) is 29.3 Å². The molecule has 0 bridgehead atoms. The van der Waals surface area contributed by atoms with Crippen molar-refractivity contribution in [2.75, 3.05) is 0 Å². The Labute approximate surface area is 96.9 Å². The molecular formula is C11H18N2O2S. The van der Waals surface area contributed by atoms with Crippen LogP contribution < -0.4 is 10.5 Å². The van der Waals surface area contributed by atoms with Gasteiger partial charge in [0.1, 0.15) is 0 Å². The summed E-state index contributed by atoms with van der Waals surface area (Å²) in [5, 5.41) is 8.38. The van der Waals surface area contributed by atoms with Crippen molar-refractivity contribution in [3.8, 4) is 0 Å². The van der Waals surface area contributed by atoms with E-state index in [0.29, 0.717) is 12.6 Å². The molecule has 0 aliphatic heterocycles. The van der Waals surface area contributed by atoms with Gasteiger partial charge < -0.3 is 5.32 Å². The fourth-order valence-corrected chi connectivity index (χ4v) is 2.30. The molecule has 5 heteroatoms. The van der Waals surface area contributed by atoms with E-state index in [9.17, 15) is 8.42 Å². The standard InChI is InChI=1S/C11H18N2O2S/c1-8(2)13-7-10-5-4-6-11(9(10)3)16(12,14)15/h4-6,8,13H,7H2,1-3H3,(H2,12,14,15). The summed E-state index contributed by atoms with van der Waals surface area (Å²) in [6.45, 7) is 6.50. The van der Waals surface area contributed by atoms with Crippen molar-refractivity contribution in [2.24, 2.45) is 5.14 Å². The van der Waals surface area contributed by atoms with E-state index in [0.717, 1.165) is 11.1 Å². The summed E-state index contributed by atoms with van der Waals surface area (Å²) >= 11 is 0. The van der Waals surface area contributed by atoms with Crippen LogP contribution in [-0.2, 0) is 16.6 Å². The first kappa shape index (κ1) is 13.2. The second kappa shape index (κ2) is 4.95. The molecule has 16 heavy (non-hydrogen) atoms. The van der Waals surface area contributed by atoms with Gasteiger partial charge >= 0.3 is 0 Å². The first-order chi connectivity index (χ1) is 7.32. The van der Waals surface area contributed by atoms with Crippen molar-refractivity contribution in [1.82, 2.24) is 5.32 Å². The minimum atomic E-state index is -3.62. The van der Waals surface area contributed by atoms with Crippen molar-refractivity contribution in [2.45, 2.75) is 38.3 Å². The Morgan fingerprint density at radius 3 is 2.50 bits per heavy atom. The topological polar surface area (TPSA) is 72.2 Å². The summed E-state index contributed by atoms with van der Waals surface area (Å²) in [6.07, 6.45) is 0. The van der Waals surface area contributed by atoms with Crippen LogP contribution in [0.15, 0.2) is 23.1 Å². The van der Waals surface area contributed by atoms with E-state index < -0.39 is 10.0 Å². The quantitative estimate of drug-likeness (QED) is 0.831. The first-order valence-corrected chi connectivity index (χ1v) is 6.71. The highest BCUT2D eigenvalue weighted by Crippen LogP contribution is 2.17. The summed E-state index contributed by atoms with van der Waals surface area (Å²) in [5.41, 5.74) is 1.68. The van der Waals surface area contributed by atoms with Crippen LogP contribution in [0.3, 0.4) is 0 Å². The summed E-state index contributed by atoms with van der Waals surface area (Å²) in [5.74, 6) is 0. The summed E-state index contributed by atoms with van der Waals surface area (Å²) in [6, 6.07) is 5.50. The number of nitrogens with one attached hydrogen (secondary N) is 1. The van der Waals surface area contributed by atoms with Gasteiger partial charge in [-0.2, -0.15) is 0 Å². The highest BCUT2D eigenvalue weighted by Gasteiger charge is 2.13. The first-order valence-electron chi connectivity index (χ1n) is 5.17. The van der Waals surface area contributed by atoms with Crippen LogP contribution in [0.1, 0.15) is 25.0 Å². The van der Waals surface area contributed by atoms with E-state index in [4.69, 9.17) is 5.14 Å². The number of rotatable bonds is 4. The number of primary sulfonamides is 1. The van der Waals surface area contributed by atoms with Crippen LogP contribution in [0, 0.1) is 6.92 Å². The third-order valence-corrected chi connectivity index (χ3v) is 3.46. The number of sulfonamides is 1. The van der Waals surface area contributed by atoms with Crippen LogP contribution in [0.4, 0.5) is 0 Å². The molecule has 1 aromatic rings. The van der Waals surface area contributed by atoms with Crippen molar-refractivity contribution in [3.63, 3.8) is 0 Å². The van der Waals surface area contributed by atoms with Gasteiger partial charge in [-0.05, 0) is 24.1 Å². The molecule has 0 saturated heterocycles. The molecule has 0 unspecified atom stereocenters. The molecule has 3 N–H and O–H groups in total. The second-order valence-electron chi connectivity index (χ2n) is 4.12. The van der Waals surface area contributed by atoms with E-state index in [1.165, 1.54) is 6.07 Å². The van der Waals surface area contributed by atoms with Gasteiger partial charge in [-0.25, -0.2) is 13.6 Å². The molecular weight excluding hydrogens is 224 g/mol. The molecule has 0 atom stereocenters. The van der Waals surface area contributed by atoms with Gasteiger partial charge in [0.25, 0.3) is 0 Å². The molecule has 4 nitrogen and oxygen atoms in total. The Hall–Kier alpha value is -0.910. The lowest BCUT2D eigenvalue weighted by Crippen LogP contribution is -2.23. The largest absolute Gasteiger partial charge is 0.310 e. The molecule has 1 aromatic carbocycles. The van der Waals surface area contributed by atoms with Crippen LogP contribution in [0.2, 0.25) is 0 Å². The third kappa shape index (κ3) is 3.30. The van der Waals surface area contributed by atoms with Gasteiger partial charge in [0.15, 0.2) is 0 Å². The van der Waals surface area contributed by atoms with Crippen LogP contribution in [0.5, 0.6) is 0 Å². The van der Waals surface area contributed by atoms with Crippen LogP contribution >= 0.6 is 0 Å². The lowest BCUT2D eigenvalue weighted by atomic mass is 10.1. The molecule has 0 aromatic heterocycles. The molecule has 0 fully saturated rings. The predicted octanol–water partition coefficient (Wildman–Crippen LogP) is 1.14.